The van der Waals surface area contributed by atoms with Gasteiger partial charge in [-0.2, -0.15) is 0 Å². The summed E-state index contributed by atoms with van der Waals surface area (Å²) in [6.07, 6.45) is 0.273. The number of aliphatic hydroxyl groups is 1. The number of aromatic hydroxyl groups is 1. The molecule has 0 amide bonds. The first-order valence-electron chi connectivity index (χ1n) is 4.88. The SMILES string of the molecule is C.CCO.N[C@@H](Cc1ccc(O)cc1)C(=O)O. The van der Waals surface area contributed by atoms with E-state index in [9.17, 15) is 4.79 Å². The summed E-state index contributed by atoms with van der Waals surface area (Å²) < 4.78 is 0. The minimum atomic E-state index is -1.02. The van der Waals surface area contributed by atoms with Gasteiger partial charge in [0.2, 0.25) is 0 Å². The Morgan fingerprint density at radius 1 is 1.35 bits per heavy atom. The molecule has 98 valence electrons. The average molecular weight is 243 g/mol. The maximum Gasteiger partial charge on any atom is 0.320 e. The van der Waals surface area contributed by atoms with E-state index in [4.69, 9.17) is 21.1 Å². The van der Waals surface area contributed by atoms with E-state index >= 15 is 0 Å². The molecule has 0 fully saturated rings. The highest BCUT2D eigenvalue weighted by Gasteiger charge is 2.11. The van der Waals surface area contributed by atoms with Gasteiger partial charge >= 0.3 is 5.97 Å². The molecule has 0 aliphatic carbocycles. The molecule has 1 aromatic carbocycles. The number of rotatable bonds is 3. The number of carboxylic acids is 1. The number of aliphatic carboxylic acids is 1. The molecule has 0 aliphatic rings. The van der Waals surface area contributed by atoms with E-state index in [0.717, 1.165) is 5.56 Å². The molecule has 17 heavy (non-hydrogen) atoms. The summed E-state index contributed by atoms with van der Waals surface area (Å²) in [6.45, 7) is 1.93. The van der Waals surface area contributed by atoms with Crippen LogP contribution < -0.4 is 5.73 Å². The fraction of sp³-hybridized carbons (Fsp3) is 0.417. The van der Waals surface area contributed by atoms with Gasteiger partial charge in [0.25, 0.3) is 0 Å². The first-order valence-corrected chi connectivity index (χ1v) is 4.88. The van der Waals surface area contributed by atoms with Gasteiger partial charge in [-0.25, -0.2) is 0 Å². The van der Waals surface area contributed by atoms with Crippen molar-refractivity contribution in [2.75, 3.05) is 6.61 Å². The van der Waals surface area contributed by atoms with Crippen LogP contribution in [0.4, 0.5) is 0 Å². The van der Waals surface area contributed by atoms with E-state index in [1.807, 2.05) is 0 Å². The van der Waals surface area contributed by atoms with Crippen molar-refractivity contribution in [2.45, 2.75) is 26.8 Å². The van der Waals surface area contributed by atoms with Gasteiger partial charge in [-0.3, -0.25) is 4.79 Å². The van der Waals surface area contributed by atoms with Gasteiger partial charge in [0.15, 0.2) is 0 Å². The standard InChI is InChI=1S/C9H11NO3.C2H6O.CH4/c10-8(9(12)13)5-6-1-3-7(11)4-2-6;1-2-3;/h1-4,8,11H,5,10H2,(H,12,13);3H,2H2,1H3;1H4/t8-;;/m0../s1. The Morgan fingerprint density at radius 2 is 1.76 bits per heavy atom. The Balaban J connectivity index is 0. The highest BCUT2D eigenvalue weighted by Crippen LogP contribution is 2.10. The lowest BCUT2D eigenvalue weighted by Crippen LogP contribution is -2.32. The van der Waals surface area contributed by atoms with E-state index in [-0.39, 0.29) is 26.2 Å². The van der Waals surface area contributed by atoms with E-state index in [1.54, 1.807) is 19.1 Å². The number of hydrogen-bond acceptors (Lipinski definition) is 4. The lowest BCUT2D eigenvalue weighted by molar-refractivity contribution is -0.138. The minimum Gasteiger partial charge on any atom is -0.508 e. The summed E-state index contributed by atoms with van der Waals surface area (Å²) in [4.78, 5) is 10.4. The van der Waals surface area contributed by atoms with Gasteiger partial charge in [0, 0.05) is 6.61 Å². The molecule has 5 N–H and O–H groups in total. The number of phenols is 1. The number of carbonyl (C=O) groups is 1. The Bertz CT molecular complexity index is 311. The largest absolute Gasteiger partial charge is 0.508 e. The second-order valence-corrected chi connectivity index (χ2v) is 3.13. The molecule has 0 bridgehead atoms. The highest BCUT2D eigenvalue weighted by atomic mass is 16.4. The molecule has 5 heteroatoms. The maximum absolute atomic E-state index is 10.4. The van der Waals surface area contributed by atoms with Crippen LogP contribution in [0, 0.1) is 0 Å². The van der Waals surface area contributed by atoms with Crippen molar-refractivity contribution in [1.29, 1.82) is 0 Å². The number of phenolic OH excluding ortho intramolecular Hbond substituents is 1. The Morgan fingerprint density at radius 3 is 2.12 bits per heavy atom. The van der Waals surface area contributed by atoms with Crippen molar-refractivity contribution in [3.63, 3.8) is 0 Å². The summed E-state index contributed by atoms with van der Waals surface area (Å²) in [5, 5.41) is 25.0. The van der Waals surface area contributed by atoms with Crippen LogP contribution in [0.1, 0.15) is 19.9 Å². The van der Waals surface area contributed by atoms with E-state index in [2.05, 4.69) is 0 Å². The fourth-order valence-electron chi connectivity index (χ4n) is 0.973. The van der Waals surface area contributed by atoms with Gasteiger partial charge in [0.1, 0.15) is 11.8 Å². The van der Waals surface area contributed by atoms with Crippen LogP contribution in [0.15, 0.2) is 24.3 Å². The third-order valence-electron chi connectivity index (χ3n) is 1.71. The predicted octanol–water partition coefficient (Wildman–Crippen LogP) is 0.981. The normalized spacial score (nSPS) is 10.5. The highest BCUT2D eigenvalue weighted by molar-refractivity contribution is 5.73. The third kappa shape index (κ3) is 8.24. The second-order valence-electron chi connectivity index (χ2n) is 3.13. The molecule has 0 aromatic heterocycles. The third-order valence-corrected chi connectivity index (χ3v) is 1.71. The molecular formula is C12H21NO4. The molecule has 0 radical (unpaired) electrons. The number of hydrogen-bond donors (Lipinski definition) is 4. The molecule has 1 rings (SSSR count). The Labute approximate surface area is 102 Å². The molecule has 0 heterocycles. The number of benzene rings is 1. The smallest absolute Gasteiger partial charge is 0.320 e. The lowest BCUT2D eigenvalue weighted by atomic mass is 10.1. The minimum absolute atomic E-state index is 0. The summed E-state index contributed by atoms with van der Waals surface area (Å²) in [5.74, 6) is -0.860. The quantitative estimate of drug-likeness (QED) is 0.633. The molecule has 0 saturated heterocycles. The summed E-state index contributed by atoms with van der Waals surface area (Å²) in [6, 6.07) is 5.42. The van der Waals surface area contributed by atoms with Crippen LogP contribution in [0.2, 0.25) is 0 Å². The molecule has 1 aromatic rings. The van der Waals surface area contributed by atoms with E-state index in [1.165, 1.54) is 12.1 Å². The van der Waals surface area contributed by atoms with Crippen LogP contribution >= 0.6 is 0 Å². The van der Waals surface area contributed by atoms with Crippen molar-refractivity contribution < 1.29 is 20.1 Å². The fourth-order valence-corrected chi connectivity index (χ4v) is 0.973. The number of aliphatic hydroxyl groups excluding tert-OH is 1. The van der Waals surface area contributed by atoms with Gasteiger partial charge < -0.3 is 21.1 Å². The topological polar surface area (TPSA) is 104 Å². The van der Waals surface area contributed by atoms with Crippen molar-refractivity contribution in [3.8, 4) is 5.75 Å². The monoisotopic (exact) mass is 243 g/mol. The van der Waals surface area contributed by atoms with Crippen LogP contribution in [-0.2, 0) is 11.2 Å². The molecule has 1 atom stereocenters. The van der Waals surface area contributed by atoms with E-state index < -0.39 is 12.0 Å². The zero-order chi connectivity index (χ0) is 12.6. The zero-order valence-electron chi connectivity index (χ0n) is 9.13. The average Bonchev–Trinajstić information content (AvgIpc) is 2.22. The maximum atomic E-state index is 10.4. The zero-order valence-corrected chi connectivity index (χ0v) is 9.13. The van der Waals surface area contributed by atoms with Gasteiger partial charge in [0.05, 0.1) is 0 Å². The van der Waals surface area contributed by atoms with Crippen LogP contribution in [0.5, 0.6) is 5.75 Å². The summed E-state index contributed by atoms with van der Waals surface area (Å²) >= 11 is 0. The second kappa shape index (κ2) is 9.62. The van der Waals surface area contributed by atoms with Gasteiger partial charge in [-0.1, -0.05) is 19.6 Å². The Hall–Kier alpha value is -1.59. The lowest BCUT2D eigenvalue weighted by Gasteiger charge is -2.05. The van der Waals surface area contributed by atoms with Crippen molar-refractivity contribution >= 4 is 5.97 Å². The van der Waals surface area contributed by atoms with Crippen molar-refractivity contribution in [2.24, 2.45) is 5.73 Å². The number of carboxylic acid groups (broad SMARTS) is 1. The molecule has 0 aliphatic heterocycles. The van der Waals surface area contributed by atoms with Crippen LogP contribution in [0.3, 0.4) is 0 Å². The summed E-state index contributed by atoms with van der Waals surface area (Å²) in [5.41, 5.74) is 6.12. The van der Waals surface area contributed by atoms with E-state index in [0.29, 0.717) is 0 Å². The molecular weight excluding hydrogens is 222 g/mol. The van der Waals surface area contributed by atoms with Gasteiger partial charge in [-0.05, 0) is 31.0 Å². The Kier molecular flexibility index (Phi) is 10.1. The molecule has 0 spiro atoms. The molecule has 0 unspecified atom stereocenters. The number of nitrogens with two attached hydrogens (primary N) is 1. The molecule has 5 nitrogen and oxygen atoms in total. The van der Waals surface area contributed by atoms with Crippen molar-refractivity contribution in [3.05, 3.63) is 29.8 Å². The first kappa shape index (κ1) is 17.8. The predicted molar refractivity (Wildman–Crippen MR) is 66.9 cm³/mol. The van der Waals surface area contributed by atoms with Crippen molar-refractivity contribution in [1.82, 2.24) is 0 Å². The molecule has 0 saturated carbocycles. The summed E-state index contributed by atoms with van der Waals surface area (Å²) in [7, 11) is 0. The first-order chi connectivity index (χ1) is 7.51. The van der Waals surface area contributed by atoms with Gasteiger partial charge in [-0.15, -0.1) is 0 Å². The van der Waals surface area contributed by atoms with Crippen LogP contribution in [0.25, 0.3) is 0 Å². The van der Waals surface area contributed by atoms with Crippen LogP contribution in [-0.4, -0.2) is 33.9 Å².